The number of carbonyl (C=O) groups excluding carboxylic acids is 1. The number of nitrogens with zero attached hydrogens (tertiary/aromatic N) is 3. The molecule has 0 bridgehead atoms. The molecule has 8 nitrogen and oxygen atoms in total. The standard InChI is InChI=1S/C23H21FN6O2/c1-12(25)18(13(2)31)14-11-15(20-21(19(14)24)30-22(26)29-20)23(32,16-7-3-5-9-27-16)17-8-4-6-10-28-17/h3-11,32H,25H2,1-2H3,(H3,26,29,30). The zero-order chi connectivity index (χ0) is 23.0. The van der Waals surface area contributed by atoms with Crippen molar-refractivity contribution in [2.75, 3.05) is 5.73 Å². The Morgan fingerprint density at radius 3 is 2.16 bits per heavy atom. The minimum Gasteiger partial charge on any atom is -0.402 e. The summed E-state index contributed by atoms with van der Waals surface area (Å²) >= 11 is 0. The van der Waals surface area contributed by atoms with Crippen molar-refractivity contribution >= 4 is 28.3 Å². The lowest BCUT2D eigenvalue weighted by Crippen LogP contribution is -2.32. The van der Waals surface area contributed by atoms with E-state index in [0.717, 1.165) is 0 Å². The highest BCUT2D eigenvalue weighted by molar-refractivity contribution is 6.21. The van der Waals surface area contributed by atoms with Gasteiger partial charge in [-0.05, 0) is 44.2 Å². The number of fused-ring (bicyclic) bond motifs is 1. The number of ketones is 1. The minimum absolute atomic E-state index is 0.0109. The summed E-state index contributed by atoms with van der Waals surface area (Å²) < 4.78 is 15.5. The van der Waals surface area contributed by atoms with Crippen molar-refractivity contribution in [3.05, 3.63) is 88.9 Å². The van der Waals surface area contributed by atoms with Gasteiger partial charge in [0.15, 0.2) is 23.1 Å². The number of aromatic nitrogens is 4. The highest BCUT2D eigenvalue weighted by Crippen LogP contribution is 2.41. The average Bonchev–Trinajstić information content (AvgIpc) is 3.17. The SMILES string of the molecule is CC(=O)C(=C(C)N)c1cc(C(O)(c2ccccn2)c2ccccn2)c2nc(N)[nH]c2c1F. The molecule has 0 aliphatic rings. The lowest BCUT2D eigenvalue weighted by molar-refractivity contribution is -0.111. The first kappa shape index (κ1) is 21.1. The van der Waals surface area contributed by atoms with E-state index in [2.05, 4.69) is 19.9 Å². The predicted molar refractivity (Wildman–Crippen MR) is 119 cm³/mol. The van der Waals surface area contributed by atoms with Gasteiger partial charge in [-0.15, -0.1) is 0 Å². The van der Waals surface area contributed by atoms with E-state index in [1.807, 2.05) is 0 Å². The molecule has 6 N–H and O–H groups in total. The summed E-state index contributed by atoms with van der Waals surface area (Å²) in [6, 6.07) is 11.4. The number of benzene rings is 1. The van der Waals surface area contributed by atoms with E-state index in [-0.39, 0.29) is 50.8 Å². The third kappa shape index (κ3) is 3.28. The second-order valence-corrected chi connectivity index (χ2v) is 7.39. The highest BCUT2D eigenvalue weighted by atomic mass is 19.1. The topological polar surface area (TPSA) is 144 Å². The molecule has 0 amide bonds. The second-order valence-electron chi connectivity index (χ2n) is 7.39. The maximum atomic E-state index is 15.5. The summed E-state index contributed by atoms with van der Waals surface area (Å²) in [6.45, 7) is 2.80. The molecule has 1 aromatic carbocycles. The van der Waals surface area contributed by atoms with Crippen LogP contribution < -0.4 is 11.5 Å². The van der Waals surface area contributed by atoms with Gasteiger partial charge in [0.2, 0.25) is 0 Å². The van der Waals surface area contributed by atoms with E-state index in [0.29, 0.717) is 0 Å². The van der Waals surface area contributed by atoms with Crippen LogP contribution in [0.15, 0.2) is 60.6 Å². The molecule has 3 heterocycles. The number of aliphatic hydroxyl groups is 1. The monoisotopic (exact) mass is 432 g/mol. The van der Waals surface area contributed by atoms with E-state index < -0.39 is 17.2 Å². The van der Waals surface area contributed by atoms with Crippen LogP contribution in [0.4, 0.5) is 10.3 Å². The van der Waals surface area contributed by atoms with Crippen LogP contribution in [0, 0.1) is 5.82 Å². The number of Topliss-reactive ketones (excluding diaryl/α,β-unsaturated/α-hetero) is 1. The molecular formula is C23H21FN6O2. The van der Waals surface area contributed by atoms with Crippen LogP contribution in [0.5, 0.6) is 0 Å². The third-order valence-electron chi connectivity index (χ3n) is 5.20. The molecule has 0 spiro atoms. The molecule has 4 rings (SSSR count). The molecule has 0 aliphatic heterocycles. The number of H-pyrrole nitrogens is 1. The first-order chi connectivity index (χ1) is 15.2. The number of aromatic amines is 1. The zero-order valence-corrected chi connectivity index (χ0v) is 17.4. The number of imidazole rings is 1. The maximum Gasteiger partial charge on any atom is 0.198 e. The van der Waals surface area contributed by atoms with Crippen molar-refractivity contribution in [3.63, 3.8) is 0 Å². The van der Waals surface area contributed by atoms with Gasteiger partial charge in [-0.25, -0.2) is 9.37 Å². The van der Waals surface area contributed by atoms with Gasteiger partial charge >= 0.3 is 0 Å². The summed E-state index contributed by atoms with van der Waals surface area (Å²) in [5.41, 5.74) is 10.5. The Kier molecular flexibility index (Phi) is 5.19. The van der Waals surface area contributed by atoms with E-state index in [4.69, 9.17) is 11.5 Å². The fraction of sp³-hybridized carbons (Fsp3) is 0.130. The summed E-state index contributed by atoms with van der Waals surface area (Å²) in [7, 11) is 0. The molecular weight excluding hydrogens is 411 g/mol. The van der Waals surface area contributed by atoms with E-state index >= 15 is 4.39 Å². The van der Waals surface area contributed by atoms with Gasteiger partial charge in [-0.1, -0.05) is 12.1 Å². The first-order valence-electron chi connectivity index (χ1n) is 9.76. The predicted octanol–water partition coefficient (Wildman–Crippen LogP) is 2.64. The minimum atomic E-state index is -1.94. The van der Waals surface area contributed by atoms with Gasteiger partial charge in [0.25, 0.3) is 0 Å². The highest BCUT2D eigenvalue weighted by Gasteiger charge is 2.40. The molecule has 9 heteroatoms. The number of nitrogens with one attached hydrogen (secondary N) is 1. The molecule has 32 heavy (non-hydrogen) atoms. The Labute approximate surface area is 182 Å². The fourth-order valence-electron chi connectivity index (χ4n) is 3.85. The van der Waals surface area contributed by atoms with Crippen LogP contribution in [0.25, 0.3) is 16.6 Å². The smallest absolute Gasteiger partial charge is 0.198 e. The van der Waals surface area contributed by atoms with Crippen molar-refractivity contribution in [3.8, 4) is 0 Å². The van der Waals surface area contributed by atoms with Gasteiger partial charge in [-0.2, -0.15) is 0 Å². The molecule has 0 atom stereocenters. The Morgan fingerprint density at radius 2 is 1.69 bits per heavy atom. The lowest BCUT2D eigenvalue weighted by atomic mass is 9.83. The third-order valence-corrected chi connectivity index (χ3v) is 5.20. The molecule has 162 valence electrons. The largest absolute Gasteiger partial charge is 0.402 e. The van der Waals surface area contributed by atoms with Crippen molar-refractivity contribution in [2.24, 2.45) is 5.73 Å². The number of allylic oxidation sites excluding steroid dienone is 2. The Morgan fingerprint density at radius 1 is 1.09 bits per heavy atom. The Hall–Kier alpha value is -4.11. The number of carbonyl (C=O) groups is 1. The molecule has 0 fully saturated rings. The molecule has 0 saturated heterocycles. The average molecular weight is 432 g/mol. The number of hydrogen-bond acceptors (Lipinski definition) is 7. The Balaban J connectivity index is 2.18. The number of nitrogens with two attached hydrogens (primary N) is 2. The summed E-state index contributed by atoms with van der Waals surface area (Å²) in [4.78, 5) is 27.9. The summed E-state index contributed by atoms with van der Waals surface area (Å²) in [6.07, 6.45) is 3.05. The van der Waals surface area contributed by atoms with Crippen molar-refractivity contribution in [1.29, 1.82) is 0 Å². The lowest BCUT2D eigenvalue weighted by Gasteiger charge is -2.28. The van der Waals surface area contributed by atoms with E-state index in [1.54, 1.807) is 36.4 Å². The molecule has 3 aromatic heterocycles. The van der Waals surface area contributed by atoms with Gasteiger partial charge in [0, 0.05) is 34.8 Å². The van der Waals surface area contributed by atoms with Crippen LogP contribution >= 0.6 is 0 Å². The van der Waals surface area contributed by atoms with Crippen molar-refractivity contribution < 1.29 is 14.3 Å². The first-order valence-corrected chi connectivity index (χ1v) is 9.76. The van der Waals surface area contributed by atoms with Gasteiger partial charge in [0.05, 0.1) is 11.4 Å². The van der Waals surface area contributed by atoms with Gasteiger partial charge < -0.3 is 21.6 Å². The number of hydrogen-bond donors (Lipinski definition) is 4. The number of pyridine rings is 2. The van der Waals surface area contributed by atoms with Crippen LogP contribution in [0.1, 0.15) is 36.4 Å². The normalized spacial score (nSPS) is 12.6. The fourth-order valence-corrected chi connectivity index (χ4v) is 3.85. The second kappa shape index (κ2) is 7.86. The summed E-state index contributed by atoms with van der Waals surface area (Å²) in [5, 5.41) is 12.1. The van der Waals surface area contributed by atoms with Crippen molar-refractivity contribution in [2.45, 2.75) is 19.4 Å². The summed E-state index contributed by atoms with van der Waals surface area (Å²) in [5.74, 6) is -1.24. The van der Waals surface area contributed by atoms with Gasteiger partial charge in [0.1, 0.15) is 11.0 Å². The Bertz CT molecular complexity index is 1310. The van der Waals surface area contributed by atoms with E-state index in [1.165, 1.54) is 32.3 Å². The van der Waals surface area contributed by atoms with Crippen LogP contribution in [-0.2, 0) is 10.4 Å². The number of rotatable bonds is 5. The van der Waals surface area contributed by atoms with Crippen LogP contribution in [0.3, 0.4) is 0 Å². The molecule has 0 radical (unpaired) electrons. The number of halogens is 1. The number of anilines is 1. The molecule has 4 aromatic rings. The molecule has 0 unspecified atom stereocenters. The zero-order valence-electron chi connectivity index (χ0n) is 17.4. The van der Waals surface area contributed by atoms with Crippen LogP contribution in [-0.4, -0.2) is 30.8 Å². The van der Waals surface area contributed by atoms with E-state index in [9.17, 15) is 9.90 Å². The number of nitrogen functional groups attached to an aromatic ring is 1. The quantitative estimate of drug-likeness (QED) is 0.355. The van der Waals surface area contributed by atoms with Gasteiger partial charge in [-0.3, -0.25) is 14.8 Å². The molecule has 0 saturated carbocycles. The van der Waals surface area contributed by atoms with Crippen LogP contribution in [0.2, 0.25) is 0 Å². The maximum absolute atomic E-state index is 15.5. The van der Waals surface area contributed by atoms with Crippen molar-refractivity contribution in [1.82, 2.24) is 19.9 Å². The molecule has 0 aliphatic carbocycles.